The van der Waals surface area contributed by atoms with Gasteiger partial charge in [0, 0.05) is 0 Å². The lowest BCUT2D eigenvalue weighted by Crippen LogP contribution is -2.14. The van der Waals surface area contributed by atoms with Crippen LogP contribution in [0.2, 0.25) is 0 Å². The van der Waals surface area contributed by atoms with Crippen molar-refractivity contribution >= 4 is 17.4 Å². The molecule has 8 heteroatoms. The van der Waals surface area contributed by atoms with E-state index in [0.29, 0.717) is 35.9 Å². The number of fused-ring (bicyclic) bond motifs is 3. The van der Waals surface area contributed by atoms with Gasteiger partial charge in [-0.2, -0.15) is 9.97 Å². The fraction of sp³-hybridized carbons (Fsp3) is 0.278. The van der Waals surface area contributed by atoms with E-state index in [1.165, 1.54) is 0 Å². The summed E-state index contributed by atoms with van der Waals surface area (Å²) in [6, 6.07) is 5.73. The summed E-state index contributed by atoms with van der Waals surface area (Å²) in [5.74, 6) is 1.07. The number of hydrogen-bond donors (Lipinski definition) is 2. The summed E-state index contributed by atoms with van der Waals surface area (Å²) < 4.78 is 16.7. The standard InChI is InChI=1S/C18H18N4O4/c1-24-13-5-4-11-8-10(13)9-12-14-15(20-17(12)23)16(19)22-18(21-14)26-7-3-2-6-25-11/h2-5,8,12H,6-7,9H2,1H3,(H,20,23)(H2,19,21,22)/b3-2-. The van der Waals surface area contributed by atoms with E-state index >= 15 is 0 Å². The topological polar surface area (TPSA) is 112 Å². The molecule has 3 N–H and O–H groups in total. The van der Waals surface area contributed by atoms with Crippen LogP contribution in [0.1, 0.15) is 17.2 Å². The zero-order valence-corrected chi connectivity index (χ0v) is 14.2. The van der Waals surface area contributed by atoms with Gasteiger partial charge >= 0.3 is 6.01 Å². The van der Waals surface area contributed by atoms with Gasteiger partial charge in [-0.25, -0.2) is 4.99 Å². The molecule has 4 bridgehead atoms. The molecule has 0 saturated heterocycles. The van der Waals surface area contributed by atoms with Crippen molar-refractivity contribution in [2.75, 3.05) is 26.1 Å². The molecule has 0 aliphatic carbocycles. The van der Waals surface area contributed by atoms with E-state index in [1.54, 1.807) is 7.11 Å². The summed E-state index contributed by atoms with van der Waals surface area (Å²) in [7, 11) is 1.60. The molecule has 0 fully saturated rings. The molecule has 2 aliphatic rings. The highest BCUT2D eigenvalue weighted by Gasteiger charge is 2.33. The maximum absolute atomic E-state index is 10.4. The first-order chi connectivity index (χ1) is 12.7. The average molecular weight is 354 g/mol. The molecule has 0 amide bonds. The fourth-order valence-electron chi connectivity index (χ4n) is 3.02. The number of aliphatic hydroxyl groups is 1. The van der Waals surface area contributed by atoms with Gasteiger partial charge in [0.15, 0.2) is 11.7 Å². The van der Waals surface area contributed by atoms with Gasteiger partial charge in [0.25, 0.3) is 0 Å². The SMILES string of the molecule is COc1ccc2cc1CC1C(O)=Nc3c(N)nc(nc31)OC/C=C\CO2. The van der Waals surface area contributed by atoms with Crippen molar-refractivity contribution < 1.29 is 19.3 Å². The summed E-state index contributed by atoms with van der Waals surface area (Å²) in [5, 5.41) is 10.4. The predicted octanol–water partition coefficient (Wildman–Crippen LogP) is 2.32. The molecule has 8 nitrogen and oxygen atoms in total. The monoisotopic (exact) mass is 354 g/mol. The normalized spacial score (nSPS) is 19.6. The Bertz CT molecular complexity index is 910. The number of nitrogens with two attached hydrogens (primary N) is 1. The summed E-state index contributed by atoms with van der Waals surface area (Å²) in [6.45, 7) is 0.686. The minimum atomic E-state index is -0.458. The molecule has 3 heterocycles. The highest BCUT2D eigenvalue weighted by Crippen LogP contribution is 2.41. The van der Waals surface area contributed by atoms with Crippen molar-refractivity contribution in [2.24, 2.45) is 4.99 Å². The second-order valence-electron chi connectivity index (χ2n) is 5.92. The number of methoxy groups -OCH3 is 1. The molecule has 26 heavy (non-hydrogen) atoms. The number of nitrogens with zero attached hydrogens (tertiary/aromatic N) is 3. The third-order valence-corrected chi connectivity index (χ3v) is 4.28. The Balaban J connectivity index is 1.81. The Hall–Kier alpha value is -3.29. The average Bonchev–Trinajstić information content (AvgIpc) is 2.94. The summed E-state index contributed by atoms with van der Waals surface area (Å²) >= 11 is 0. The molecule has 4 rings (SSSR count). The van der Waals surface area contributed by atoms with Crippen molar-refractivity contribution in [2.45, 2.75) is 12.3 Å². The Labute approximate surface area is 150 Å². The molecule has 0 spiro atoms. The number of hydrogen-bond acceptors (Lipinski definition) is 7. The van der Waals surface area contributed by atoms with Gasteiger partial charge in [-0.15, -0.1) is 0 Å². The summed E-state index contributed by atoms with van der Waals surface area (Å²) in [6.07, 6.45) is 4.09. The number of aliphatic hydroxyl groups excluding tert-OH is 1. The molecule has 2 aliphatic heterocycles. The predicted molar refractivity (Wildman–Crippen MR) is 95.7 cm³/mol. The van der Waals surface area contributed by atoms with Crippen LogP contribution in [0.4, 0.5) is 11.5 Å². The Morgan fingerprint density at radius 2 is 2.00 bits per heavy atom. The number of rotatable bonds is 1. The van der Waals surface area contributed by atoms with E-state index in [4.69, 9.17) is 19.9 Å². The number of nitrogen functional groups attached to an aromatic ring is 1. The zero-order valence-electron chi connectivity index (χ0n) is 14.2. The Kier molecular flexibility index (Phi) is 4.08. The number of aromatic nitrogens is 2. The van der Waals surface area contributed by atoms with E-state index in [2.05, 4.69) is 15.0 Å². The zero-order chi connectivity index (χ0) is 18.1. The second kappa shape index (κ2) is 6.55. The van der Waals surface area contributed by atoms with Crippen LogP contribution >= 0.6 is 0 Å². The number of ether oxygens (including phenoxy) is 3. The van der Waals surface area contributed by atoms with Crippen molar-refractivity contribution in [3.8, 4) is 17.5 Å². The maximum atomic E-state index is 10.4. The Morgan fingerprint density at radius 1 is 1.19 bits per heavy atom. The smallest absolute Gasteiger partial charge is 0.319 e. The van der Waals surface area contributed by atoms with Crippen molar-refractivity contribution in [1.82, 2.24) is 9.97 Å². The molecule has 1 unspecified atom stereocenters. The first-order valence-electron chi connectivity index (χ1n) is 8.18. The van der Waals surface area contributed by atoms with Crippen LogP contribution in [0.15, 0.2) is 35.3 Å². The minimum absolute atomic E-state index is 0.0569. The number of benzene rings is 1. The highest BCUT2D eigenvalue weighted by molar-refractivity contribution is 5.92. The first kappa shape index (κ1) is 16.2. The second-order valence-corrected chi connectivity index (χ2v) is 5.92. The molecule has 134 valence electrons. The van der Waals surface area contributed by atoms with Gasteiger partial charge in [-0.1, -0.05) is 0 Å². The largest absolute Gasteiger partial charge is 0.496 e. The van der Waals surface area contributed by atoms with Gasteiger partial charge in [0.2, 0.25) is 0 Å². The summed E-state index contributed by atoms with van der Waals surface area (Å²) in [4.78, 5) is 12.7. The maximum Gasteiger partial charge on any atom is 0.319 e. The van der Waals surface area contributed by atoms with Gasteiger partial charge < -0.3 is 25.1 Å². The van der Waals surface area contributed by atoms with Crippen LogP contribution in [0.3, 0.4) is 0 Å². The minimum Gasteiger partial charge on any atom is -0.496 e. The van der Waals surface area contributed by atoms with E-state index in [-0.39, 0.29) is 24.3 Å². The molecule has 2 aromatic rings. The van der Waals surface area contributed by atoms with E-state index < -0.39 is 5.92 Å². The number of aliphatic imine (C=N–C) groups is 1. The first-order valence-corrected chi connectivity index (χ1v) is 8.18. The van der Waals surface area contributed by atoms with Gasteiger partial charge in [-0.05, 0) is 42.3 Å². The van der Waals surface area contributed by atoms with E-state index in [9.17, 15) is 5.11 Å². The third kappa shape index (κ3) is 2.90. The molecular formula is C18H18N4O4. The third-order valence-electron chi connectivity index (χ3n) is 4.28. The van der Waals surface area contributed by atoms with Crippen LogP contribution in [0.25, 0.3) is 0 Å². The molecule has 1 aromatic carbocycles. The highest BCUT2D eigenvalue weighted by atomic mass is 16.5. The van der Waals surface area contributed by atoms with Crippen molar-refractivity contribution in [3.05, 3.63) is 41.6 Å². The lowest BCUT2D eigenvalue weighted by Gasteiger charge is -2.16. The summed E-state index contributed by atoms with van der Waals surface area (Å²) in [5.41, 5.74) is 7.76. The molecule has 0 saturated carbocycles. The molecule has 1 atom stereocenters. The lowest BCUT2D eigenvalue weighted by molar-refractivity contribution is 0.327. The Morgan fingerprint density at radius 3 is 2.81 bits per heavy atom. The molecular weight excluding hydrogens is 336 g/mol. The van der Waals surface area contributed by atoms with Crippen molar-refractivity contribution in [1.29, 1.82) is 0 Å². The fourth-order valence-corrected chi connectivity index (χ4v) is 3.02. The van der Waals surface area contributed by atoms with Crippen molar-refractivity contribution in [3.63, 3.8) is 0 Å². The van der Waals surface area contributed by atoms with E-state index in [1.807, 2.05) is 30.4 Å². The van der Waals surface area contributed by atoms with Gasteiger partial charge in [-0.3, -0.25) is 0 Å². The van der Waals surface area contributed by atoms with Crippen LogP contribution < -0.4 is 19.9 Å². The van der Waals surface area contributed by atoms with E-state index in [0.717, 1.165) is 5.56 Å². The number of anilines is 1. The van der Waals surface area contributed by atoms with Gasteiger partial charge in [0.1, 0.15) is 30.4 Å². The molecule has 0 radical (unpaired) electrons. The quantitative estimate of drug-likeness (QED) is 0.756. The van der Waals surface area contributed by atoms with Crippen LogP contribution in [0, 0.1) is 0 Å². The lowest BCUT2D eigenvalue weighted by atomic mass is 9.95. The molecule has 1 aromatic heterocycles. The van der Waals surface area contributed by atoms with Crippen LogP contribution in [-0.2, 0) is 6.42 Å². The van der Waals surface area contributed by atoms with Gasteiger partial charge in [0.05, 0.1) is 18.7 Å². The van der Waals surface area contributed by atoms with Crippen LogP contribution in [-0.4, -0.2) is 41.3 Å². The van der Waals surface area contributed by atoms with Crippen LogP contribution in [0.5, 0.6) is 17.5 Å².